The number of amides is 2. The molecule has 3 rings (SSSR count). The minimum Gasteiger partial charge on any atom is -0.345 e. The molecule has 1 saturated carbocycles. The summed E-state index contributed by atoms with van der Waals surface area (Å²) in [5.41, 5.74) is 1.79. The number of aromatic nitrogens is 1. The first-order valence-corrected chi connectivity index (χ1v) is 8.78. The molecule has 0 bridgehead atoms. The van der Waals surface area contributed by atoms with Gasteiger partial charge < -0.3 is 10.6 Å². The van der Waals surface area contributed by atoms with Crippen molar-refractivity contribution in [2.45, 2.75) is 38.1 Å². The number of pyridine rings is 1. The van der Waals surface area contributed by atoms with E-state index in [1.807, 2.05) is 18.2 Å². The molecule has 25 heavy (non-hydrogen) atoms. The van der Waals surface area contributed by atoms with Crippen molar-refractivity contribution in [3.63, 3.8) is 0 Å². The molecule has 2 N–H and O–H groups in total. The third-order valence-corrected chi connectivity index (χ3v) is 4.69. The quantitative estimate of drug-likeness (QED) is 0.843. The van der Waals surface area contributed by atoms with Gasteiger partial charge in [0.15, 0.2) is 0 Å². The fourth-order valence-electron chi connectivity index (χ4n) is 3.42. The largest absolute Gasteiger partial charge is 0.345 e. The van der Waals surface area contributed by atoms with E-state index < -0.39 is 11.8 Å². The van der Waals surface area contributed by atoms with Crippen LogP contribution in [0, 0.1) is 5.92 Å². The van der Waals surface area contributed by atoms with Crippen molar-refractivity contribution in [3.05, 3.63) is 60.4 Å². The Balaban J connectivity index is 1.59. The molecule has 0 aliphatic heterocycles. The number of anilines is 1. The fraction of sp³-hybridized carbons (Fsp3) is 0.350. The standard InChI is InChI=1S/C20H23N3O2/c24-19(22-17-10-6-12-21-14-17)20(25)23-18-11-5-4-9-16(18)13-15-7-2-1-3-8-15/h1-3,6-8,10,12,14,16,18H,4-5,9,11,13H2,(H,22,24)(H,23,25)/t16-,18+/m0/s1. The molecule has 1 heterocycles. The lowest BCUT2D eigenvalue weighted by Gasteiger charge is -2.32. The van der Waals surface area contributed by atoms with Crippen LogP contribution < -0.4 is 10.6 Å². The Hall–Kier alpha value is -2.69. The summed E-state index contributed by atoms with van der Waals surface area (Å²) in [6, 6.07) is 13.8. The summed E-state index contributed by atoms with van der Waals surface area (Å²) in [6.45, 7) is 0. The number of nitrogens with one attached hydrogen (secondary N) is 2. The third-order valence-electron chi connectivity index (χ3n) is 4.69. The van der Waals surface area contributed by atoms with Gasteiger partial charge in [0.25, 0.3) is 0 Å². The van der Waals surface area contributed by atoms with Gasteiger partial charge in [-0.25, -0.2) is 0 Å². The van der Waals surface area contributed by atoms with Crippen LogP contribution in [0.1, 0.15) is 31.2 Å². The topological polar surface area (TPSA) is 71.1 Å². The molecule has 0 unspecified atom stereocenters. The van der Waals surface area contributed by atoms with Crippen molar-refractivity contribution in [3.8, 4) is 0 Å². The summed E-state index contributed by atoms with van der Waals surface area (Å²) in [5.74, 6) is -0.850. The fourth-order valence-corrected chi connectivity index (χ4v) is 3.42. The number of rotatable bonds is 4. The highest BCUT2D eigenvalue weighted by Gasteiger charge is 2.28. The zero-order valence-corrected chi connectivity index (χ0v) is 14.2. The van der Waals surface area contributed by atoms with Crippen molar-refractivity contribution in [1.29, 1.82) is 0 Å². The highest BCUT2D eigenvalue weighted by molar-refractivity contribution is 6.39. The summed E-state index contributed by atoms with van der Waals surface area (Å²) < 4.78 is 0. The Bertz CT molecular complexity index is 703. The molecule has 5 heteroatoms. The highest BCUT2D eigenvalue weighted by Crippen LogP contribution is 2.27. The van der Waals surface area contributed by atoms with Gasteiger partial charge in [0.2, 0.25) is 0 Å². The Labute approximate surface area is 147 Å². The molecule has 2 amide bonds. The highest BCUT2D eigenvalue weighted by atomic mass is 16.2. The molecular weight excluding hydrogens is 314 g/mol. The molecule has 1 aliphatic rings. The molecular formula is C20H23N3O2. The van der Waals surface area contributed by atoms with E-state index in [9.17, 15) is 9.59 Å². The minimum atomic E-state index is -0.642. The van der Waals surface area contributed by atoms with Crippen LogP contribution in [-0.2, 0) is 16.0 Å². The number of nitrogens with zero attached hydrogens (tertiary/aromatic N) is 1. The van der Waals surface area contributed by atoms with E-state index >= 15 is 0 Å². The minimum absolute atomic E-state index is 0.0427. The van der Waals surface area contributed by atoms with Crippen LogP contribution in [0.3, 0.4) is 0 Å². The second kappa shape index (κ2) is 8.42. The molecule has 1 fully saturated rings. The molecule has 0 saturated heterocycles. The van der Waals surface area contributed by atoms with Gasteiger partial charge in [-0.3, -0.25) is 14.6 Å². The predicted octanol–water partition coefficient (Wildman–Crippen LogP) is 2.94. The van der Waals surface area contributed by atoms with Crippen LogP contribution >= 0.6 is 0 Å². The molecule has 2 atom stereocenters. The molecule has 1 aliphatic carbocycles. The summed E-state index contributed by atoms with van der Waals surface area (Å²) in [7, 11) is 0. The van der Waals surface area contributed by atoms with Gasteiger partial charge >= 0.3 is 11.8 Å². The maximum absolute atomic E-state index is 12.3. The number of carbonyl (C=O) groups is 2. The van der Waals surface area contributed by atoms with E-state index in [4.69, 9.17) is 0 Å². The Morgan fingerprint density at radius 1 is 1.00 bits per heavy atom. The summed E-state index contributed by atoms with van der Waals surface area (Å²) >= 11 is 0. The number of benzene rings is 1. The molecule has 2 aromatic rings. The molecule has 5 nitrogen and oxygen atoms in total. The lowest BCUT2D eigenvalue weighted by atomic mass is 9.80. The average molecular weight is 337 g/mol. The van der Waals surface area contributed by atoms with Crippen molar-refractivity contribution < 1.29 is 9.59 Å². The van der Waals surface area contributed by atoms with Crippen molar-refractivity contribution >= 4 is 17.5 Å². The second-order valence-corrected chi connectivity index (χ2v) is 6.51. The van der Waals surface area contributed by atoms with E-state index in [1.165, 1.54) is 18.2 Å². The Morgan fingerprint density at radius 3 is 2.56 bits per heavy atom. The summed E-state index contributed by atoms with van der Waals surface area (Å²) in [5, 5.41) is 5.52. The zero-order valence-electron chi connectivity index (χ0n) is 14.2. The maximum Gasteiger partial charge on any atom is 0.313 e. The van der Waals surface area contributed by atoms with Gasteiger partial charge in [-0.1, -0.05) is 43.2 Å². The monoisotopic (exact) mass is 337 g/mol. The molecule has 130 valence electrons. The van der Waals surface area contributed by atoms with Crippen LogP contribution in [0.5, 0.6) is 0 Å². The first kappa shape index (κ1) is 17.1. The van der Waals surface area contributed by atoms with E-state index in [0.717, 1.165) is 25.7 Å². The van der Waals surface area contributed by atoms with E-state index in [-0.39, 0.29) is 6.04 Å². The van der Waals surface area contributed by atoms with Crippen molar-refractivity contribution in [1.82, 2.24) is 10.3 Å². The lowest BCUT2D eigenvalue weighted by Crippen LogP contribution is -2.47. The van der Waals surface area contributed by atoms with Gasteiger partial charge in [0, 0.05) is 12.2 Å². The number of hydrogen-bond acceptors (Lipinski definition) is 3. The second-order valence-electron chi connectivity index (χ2n) is 6.51. The van der Waals surface area contributed by atoms with Gasteiger partial charge in [-0.15, -0.1) is 0 Å². The Morgan fingerprint density at radius 2 is 1.80 bits per heavy atom. The first-order chi connectivity index (χ1) is 12.2. The Kier molecular flexibility index (Phi) is 5.77. The van der Waals surface area contributed by atoms with Gasteiger partial charge in [-0.2, -0.15) is 0 Å². The van der Waals surface area contributed by atoms with Gasteiger partial charge in [-0.05, 0) is 42.9 Å². The van der Waals surface area contributed by atoms with Crippen LogP contribution in [0.15, 0.2) is 54.9 Å². The zero-order chi connectivity index (χ0) is 17.5. The molecule has 0 radical (unpaired) electrons. The van der Waals surface area contributed by atoms with Crippen molar-refractivity contribution in [2.24, 2.45) is 5.92 Å². The van der Waals surface area contributed by atoms with E-state index in [0.29, 0.717) is 11.6 Å². The SMILES string of the molecule is O=C(Nc1cccnc1)C(=O)N[C@@H]1CCCC[C@H]1Cc1ccccc1. The lowest BCUT2D eigenvalue weighted by molar-refractivity contribution is -0.137. The smallest absolute Gasteiger partial charge is 0.313 e. The van der Waals surface area contributed by atoms with Crippen LogP contribution in [-0.4, -0.2) is 22.8 Å². The number of carbonyl (C=O) groups excluding carboxylic acids is 2. The van der Waals surface area contributed by atoms with E-state index in [1.54, 1.807) is 18.3 Å². The summed E-state index contributed by atoms with van der Waals surface area (Å²) in [6.07, 6.45) is 8.31. The van der Waals surface area contributed by atoms with Crippen LogP contribution in [0.4, 0.5) is 5.69 Å². The van der Waals surface area contributed by atoms with Crippen LogP contribution in [0.2, 0.25) is 0 Å². The summed E-state index contributed by atoms with van der Waals surface area (Å²) in [4.78, 5) is 28.3. The molecule has 1 aromatic carbocycles. The predicted molar refractivity (Wildman–Crippen MR) is 96.9 cm³/mol. The van der Waals surface area contributed by atoms with Crippen LogP contribution in [0.25, 0.3) is 0 Å². The molecule has 1 aromatic heterocycles. The van der Waals surface area contributed by atoms with Gasteiger partial charge in [0.05, 0.1) is 11.9 Å². The molecule has 0 spiro atoms. The maximum atomic E-state index is 12.3. The van der Waals surface area contributed by atoms with Gasteiger partial charge in [0.1, 0.15) is 0 Å². The normalized spacial score (nSPS) is 19.8. The van der Waals surface area contributed by atoms with E-state index in [2.05, 4.69) is 27.8 Å². The average Bonchev–Trinajstić information content (AvgIpc) is 2.65. The first-order valence-electron chi connectivity index (χ1n) is 8.78. The van der Waals surface area contributed by atoms with Crippen molar-refractivity contribution in [2.75, 3.05) is 5.32 Å². The number of hydrogen-bond donors (Lipinski definition) is 2. The third kappa shape index (κ3) is 4.89.